The normalized spacial score (nSPS) is 12.0. The van der Waals surface area contributed by atoms with E-state index in [9.17, 15) is 5.26 Å². The van der Waals surface area contributed by atoms with E-state index in [-0.39, 0.29) is 0 Å². The third-order valence-corrected chi connectivity index (χ3v) is 14.6. The number of para-hydroxylation sites is 4. The molecule has 0 spiro atoms. The van der Waals surface area contributed by atoms with Crippen LogP contribution in [0.25, 0.3) is 110 Å². The summed E-state index contributed by atoms with van der Waals surface area (Å²) in [4.78, 5) is 6.08. The first-order chi connectivity index (χ1) is 31.4. The van der Waals surface area contributed by atoms with E-state index in [1.165, 1.54) is 0 Å². The molecule has 8 aromatic carbocycles. The van der Waals surface area contributed by atoms with Crippen LogP contribution >= 0.6 is 63.7 Å². The molecule has 0 amide bonds. The van der Waals surface area contributed by atoms with Gasteiger partial charge in [0.25, 0.3) is 0 Å². The Bertz CT molecular complexity index is 3960. The Hall–Kier alpha value is -6.48. The number of benzene rings is 8. The second-order valence-electron chi connectivity index (χ2n) is 16.0. The number of pyridine rings is 1. The fourth-order valence-corrected chi connectivity index (χ4v) is 11.5. The summed E-state index contributed by atoms with van der Waals surface area (Å²) in [6.45, 7) is 0. The molecule has 13 rings (SSSR count). The van der Waals surface area contributed by atoms with Gasteiger partial charge in [-0.1, -0.05) is 137 Å². The molecule has 0 aliphatic carbocycles. The minimum atomic E-state index is 0.474. The molecular formula is C54H28Br4N6. The zero-order valence-corrected chi connectivity index (χ0v) is 39.7. The molecule has 64 heavy (non-hydrogen) atoms. The molecule has 6 nitrogen and oxygen atoms in total. The van der Waals surface area contributed by atoms with Crippen molar-refractivity contribution in [2.24, 2.45) is 0 Å². The molecule has 0 N–H and O–H groups in total. The minimum absolute atomic E-state index is 0.474. The minimum Gasteiger partial charge on any atom is -0.305 e. The van der Waals surface area contributed by atoms with E-state index in [1.807, 2.05) is 0 Å². The SMILES string of the molecule is N#Cc1c(-n2c3ccccc3c3cc(Br)ccc32)c(-n2c3ccccc3c3cc(Br)ccc32)nc(-n2c3ccccc3c3cc(Br)ccc32)c1-n1c2ccccc2c2cc(Br)ccc21. The van der Waals surface area contributed by atoms with Gasteiger partial charge < -0.3 is 9.13 Å². The molecule has 13 aromatic rings. The fraction of sp³-hybridized carbons (Fsp3) is 0. The molecule has 5 heterocycles. The fourth-order valence-electron chi connectivity index (χ4n) is 10.1. The second kappa shape index (κ2) is 14.3. The molecule has 302 valence electrons. The number of aromatic nitrogens is 5. The topological polar surface area (TPSA) is 56.4 Å². The molecule has 0 unspecified atom stereocenters. The third kappa shape index (κ3) is 5.36. The first-order valence-corrected chi connectivity index (χ1v) is 23.8. The van der Waals surface area contributed by atoms with Crippen molar-refractivity contribution in [2.75, 3.05) is 0 Å². The highest BCUT2D eigenvalue weighted by molar-refractivity contribution is 9.11. The first kappa shape index (κ1) is 38.0. The quantitative estimate of drug-likeness (QED) is 0.176. The van der Waals surface area contributed by atoms with Gasteiger partial charge in [0.15, 0.2) is 11.6 Å². The van der Waals surface area contributed by atoms with Gasteiger partial charge in [-0.2, -0.15) is 5.26 Å². The van der Waals surface area contributed by atoms with Crippen LogP contribution < -0.4 is 0 Å². The molecule has 0 saturated carbocycles. The zero-order chi connectivity index (χ0) is 43.0. The molecule has 0 bridgehead atoms. The Morgan fingerprint density at radius 3 is 0.906 bits per heavy atom. The van der Waals surface area contributed by atoms with Gasteiger partial charge in [-0.05, 0) is 97.1 Å². The standard InChI is InChI=1S/C54H28Br4N6/c55-30-17-21-47-38(25-30)34-9-1-5-13-43(34)61(47)51-42(29-59)52(62-44-14-6-2-10-35(44)39-26-31(56)18-22-48(39)62)54(64-46-16-8-4-12-37(46)41-28-33(58)20-24-50(41)64)60-53(51)63-45-15-7-3-11-36(45)40-27-32(57)19-23-49(40)63/h1-28H. The van der Waals surface area contributed by atoms with Crippen LogP contribution in [0.3, 0.4) is 0 Å². The summed E-state index contributed by atoms with van der Waals surface area (Å²) >= 11 is 15.2. The summed E-state index contributed by atoms with van der Waals surface area (Å²) in [5.41, 5.74) is 9.55. The molecular weight excluding hydrogens is 1050 g/mol. The van der Waals surface area contributed by atoms with Crippen LogP contribution in [0.2, 0.25) is 0 Å². The first-order valence-electron chi connectivity index (χ1n) is 20.6. The van der Waals surface area contributed by atoms with Gasteiger partial charge in [-0.3, -0.25) is 9.13 Å². The highest BCUT2D eigenvalue weighted by atomic mass is 79.9. The maximum Gasteiger partial charge on any atom is 0.166 e. The predicted octanol–water partition coefficient (Wildman–Crippen LogP) is 16.4. The zero-order valence-electron chi connectivity index (χ0n) is 33.4. The average molecular weight is 1080 g/mol. The molecule has 0 aliphatic rings. The van der Waals surface area contributed by atoms with E-state index in [4.69, 9.17) is 4.98 Å². The lowest BCUT2D eigenvalue weighted by atomic mass is 10.1. The Balaban J connectivity index is 1.34. The van der Waals surface area contributed by atoms with Crippen molar-refractivity contribution >= 4 is 151 Å². The van der Waals surface area contributed by atoms with E-state index in [1.54, 1.807) is 0 Å². The van der Waals surface area contributed by atoms with E-state index in [0.29, 0.717) is 28.6 Å². The molecule has 0 atom stereocenters. The Morgan fingerprint density at radius 1 is 0.328 bits per heavy atom. The van der Waals surface area contributed by atoms with Gasteiger partial charge in [-0.25, -0.2) is 4.98 Å². The van der Waals surface area contributed by atoms with E-state index in [0.717, 1.165) is 105 Å². The van der Waals surface area contributed by atoms with Crippen molar-refractivity contribution in [3.63, 3.8) is 0 Å². The van der Waals surface area contributed by atoms with Crippen LogP contribution in [0.1, 0.15) is 5.56 Å². The van der Waals surface area contributed by atoms with Gasteiger partial charge in [0.1, 0.15) is 23.0 Å². The average Bonchev–Trinajstić information content (AvgIpc) is 4.03. The molecule has 5 aromatic heterocycles. The van der Waals surface area contributed by atoms with Crippen LogP contribution in [-0.4, -0.2) is 23.3 Å². The highest BCUT2D eigenvalue weighted by Crippen LogP contribution is 2.46. The summed E-state index contributed by atoms with van der Waals surface area (Å²) in [6, 6.07) is 62.3. The van der Waals surface area contributed by atoms with E-state index in [2.05, 4.69) is 258 Å². The maximum absolute atomic E-state index is 12.3. The summed E-state index contributed by atoms with van der Waals surface area (Å²) in [5, 5.41) is 20.9. The third-order valence-electron chi connectivity index (χ3n) is 12.6. The van der Waals surface area contributed by atoms with Crippen LogP contribution in [-0.2, 0) is 0 Å². The van der Waals surface area contributed by atoms with Crippen molar-refractivity contribution in [3.05, 3.63) is 193 Å². The second-order valence-corrected chi connectivity index (χ2v) is 19.7. The van der Waals surface area contributed by atoms with Crippen molar-refractivity contribution in [2.45, 2.75) is 0 Å². The molecule has 0 radical (unpaired) electrons. The largest absolute Gasteiger partial charge is 0.305 e. The predicted molar refractivity (Wildman–Crippen MR) is 277 cm³/mol. The van der Waals surface area contributed by atoms with Gasteiger partial charge >= 0.3 is 0 Å². The number of nitriles is 1. The number of halogens is 4. The Labute approximate surface area is 398 Å². The molecule has 10 heteroatoms. The summed E-state index contributed by atoms with van der Waals surface area (Å²) in [7, 11) is 0. The summed E-state index contributed by atoms with van der Waals surface area (Å²) in [5.74, 6) is 1.25. The number of hydrogen-bond donors (Lipinski definition) is 0. The lowest BCUT2D eigenvalue weighted by Crippen LogP contribution is -2.16. The van der Waals surface area contributed by atoms with Gasteiger partial charge in [0.2, 0.25) is 0 Å². The van der Waals surface area contributed by atoms with Crippen molar-refractivity contribution < 1.29 is 0 Å². The van der Waals surface area contributed by atoms with Crippen LogP contribution in [0.15, 0.2) is 188 Å². The van der Waals surface area contributed by atoms with Crippen LogP contribution in [0.5, 0.6) is 0 Å². The number of hydrogen-bond acceptors (Lipinski definition) is 2. The van der Waals surface area contributed by atoms with E-state index < -0.39 is 0 Å². The maximum atomic E-state index is 12.3. The summed E-state index contributed by atoms with van der Waals surface area (Å²) < 4.78 is 12.9. The van der Waals surface area contributed by atoms with E-state index >= 15 is 0 Å². The Morgan fingerprint density at radius 2 is 0.594 bits per heavy atom. The van der Waals surface area contributed by atoms with Crippen molar-refractivity contribution in [1.82, 2.24) is 23.3 Å². The Kier molecular flexibility index (Phi) is 8.47. The van der Waals surface area contributed by atoms with Crippen molar-refractivity contribution in [3.8, 4) is 29.1 Å². The molecule has 0 aliphatic heterocycles. The van der Waals surface area contributed by atoms with Crippen molar-refractivity contribution in [1.29, 1.82) is 5.26 Å². The smallest absolute Gasteiger partial charge is 0.166 e. The number of fused-ring (bicyclic) bond motifs is 12. The molecule has 0 saturated heterocycles. The monoisotopic (exact) mass is 1080 g/mol. The number of nitrogens with zero attached hydrogens (tertiary/aromatic N) is 6. The number of rotatable bonds is 4. The van der Waals surface area contributed by atoms with Crippen LogP contribution in [0, 0.1) is 11.3 Å². The molecule has 0 fully saturated rings. The van der Waals surface area contributed by atoms with Gasteiger partial charge in [0.05, 0.1) is 44.1 Å². The summed E-state index contributed by atoms with van der Waals surface area (Å²) in [6.07, 6.45) is 0. The van der Waals surface area contributed by atoms with Crippen LogP contribution in [0.4, 0.5) is 0 Å². The van der Waals surface area contributed by atoms with Gasteiger partial charge in [0, 0.05) is 61.0 Å². The lowest BCUT2D eigenvalue weighted by molar-refractivity contribution is 0.952. The highest BCUT2D eigenvalue weighted by Gasteiger charge is 2.32. The van der Waals surface area contributed by atoms with Gasteiger partial charge in [-0.15, -0.1) is 0 Å². The lowest BCUT2D eigenvalue weighted by Gasteiger charge is -2.24.